The lowest BCUT2D eigenvalue weighted by molar-refractivity contribution is 0.00497. The largest absolute Gasteiger partial charge is 0.294 e. The normalized spacial score (nSPS) is 22.1. The molecule has 1 saturated carbocycles. The van der Waals surface area contributed by atoms with Crippen molar-refractivity contribution in [3.8, 4) is 0 Å². The molecular formula is C13H12ClF3O. The minimum absolute atomic E-state index is 0.0322. The summed E-state index contributed by atoms with van der Waals surface area (Å²) in [4.78, 5) is 11.9. The molecule has 0 bridgehead atoms. The van der Waals surface area contributed by atoms with Crippen molar-refractivity contribution < 1.29 is 18.0 Å². The van der Waals surface area contributed by atoms with Crippen molar-refractivity contribution in [2.24, 2.45) is 5.92 Å². The number of hydrogen-bond acceptors (Lipinski definition) is 1. The fourth-order valence-corrected chi connectivity index (χ4v) is 2.58. The van der Waals surface area contributed by atoms with Gasteiger partial charge >= 0.3 is 0 Å². The van der Waals surface area contributed by atoms with Gasteiger partial charge in [0, 0.05) is 24.8 Å². The van der Waals surface area contributed by atoms with E-state index in [1.807, 2.05) is 0 Å². The zero-order chi connectivity index (χ0) is 13.3. The van der Waals surface area contributed by atoms with E-state index < -0.39 is 11.7 Å². The Balaban J connectivity index is 2.04. The molecule has 1 aromatic carbocycles. The molecule has 1 nitrogen and oxygen atoms in total. The molecule has 1 atom stereocenters. The summed E-state index contributed by atoms with van der Waals surface area (Å²) >= 11 is 5.76. The standard InChI is InChI=1S/C13H12ClF3O/c14-11-6-9(15)1-2-10(11)12(18)5-8-3-4-13(16,17)7-8/h1-2,6,8H,3-5,7H2. The molecule has 1 fully saturated rings. The van der Waals surface area contributed by atoms with Gasteiger partial charge in [0.25, 0.3) is 0 Å². The molecule has 0 aliphatic heterocycles. The maximum absolute atomic E-state index is 13.0. The molecule has 18 heavy (non-hydrogen) atoms. The van der Waals surface area contributed by atoms with Crippen molar-refractivity contribution in [2.45, 2.75) is 31.6 Å². The van der Waals surface area contributed by atoms with Gasteiger partial charge in [-0.1, -0.05) is 11.6 Å². The van der Waals surface area contributed by atoms with Crippen LogP contribution in [0.15, 0.2) is 18.2 Å². The summed E-state index contributed by atoms with van der Waals surface area (Å²) in [6.45, 7) is 0. The molecule has 0 radical (unpaired) electrons. The number of hydrogen-bond donors (Lipinski definition) is 0. The SMILES string of the molecule is O=C(CC1CCC(F)(F)C1)c1ccc(F)cc1Cl. The highest BCUT2D eigenvalue weighted by Gasteiger charge is 2.40. The maximum Gasteiger partial charge on any atom is 0.248 e. The fourth-order valence-electron chi connectivity index (χ4n) is 2.30. The Bertz CT molecular complexity index is 473. The number of carbonyl (C=O) groups excluding carboxylic acids is 1. The average Bonchev–Trinajstić information content (AvgIpc) is 2.57. The van der Waals surface area contributed by atoms with E-state index in [1.165, 1.54) is 6.07 Å². The number of benzene rings is 1. The predicted octanol–water partition coefficient (Wildman–Crippen LogP) is 4.49. The minimum Gasteiger partial charge on any atom is -0.294 e. The summed E-state index contributed by atoms with van der Waals surface area (Å²) in [6.07, 6.45) is -0.0296. The zero-order valence-electron chi connectivity index (χ0n) is 9.56. The molecule has 0 spiro atoms. The van der Waals surface area contributed by atoms with Crippen LogP contribution >= 0.6 is 11.6 Å². The van der Waals surface area contributed by atoms with Crippen molar-refractivity contribution >= 4 is 17.4 Å². The van der Waals surface area contributed by atoms with Crippen molar-refractivity contribution in [3.63, 3.8) is 0 Å². The highest BCUT2D eigenvalue weighted by atomic mass is 35.5. The van der Waals surface area contributed by atoms with Crippen molar-refractivity contribution in [1.82, 2.24) is 0 Å². The van der Waals surface area contributed by atoms with E-state index in [0.29, 0.717) is 6.42 Å². The first-order chi connectivity index (χ1) is 8.37. The summed E-state index contributed by atoms with van der Waals surface area (Å²) in [5.74, 6) is -3.79. The first-order valence-electron chi connectivity index (χ1n) is 5.73. The number of Topliss-reactive ketones (excluding diaryl/α,β-unsaturated/α-hetero) is 1. The number of alkyl halides is 2. The molecule has 0 amide bonds. The van der Waals surface area contributed by atoms with Crippen LogP contribution in [-0.4, -0.2) is 11.7 Å². The van der Waals surface area contributed by atoms with Crippen LogP contribution in [0.1, 0.15) is 36.0 Å². The smallest absolute Gasteiger partial charge is 0.248 e. The van der Waals surface area contributed by atoms with Gasteiger partial charge in [-0.25, -0.2) is 13.2 Å². The average molecular weight is 277 g/mol. The lowest BCUT2D eigenvalue weighted by Gasteiger charge is -2.10. The van der Waals surface area contributed by atoms with Crippen LogP contribution in [0.4, 0.5) is 13.2 Å². The molecule has 1 aliphatic carbocycles. The third kappa shape index (κ3) is 3.05. The molecule has 0 aromatic heterocycles. The van der Waals surface area contributed by atoms with E-state index in [9.17, 15) is 18.0 Å². The van der Waals surface area contributed by atoms with Gasteiger partial charge in [-0.15, -0.1) is 0 Å². The Kier molecular flexibility index (Phi) is 3.66. The Morgan fingerprint density at radius 1 is 1.44 bits per heavy atom. The lowest BCUT2D eigenvalue weighted by Crippen LogP contribution is -2.12. The summed E-state index contributed by atoms with van der Waals surface area (Å²) in [5.41, 5.74) is 0.202. The monoisotopic (exact) mass is 276 g/mol. The Labute approximate surface area is 108 Å². The van der Waals surface area contributed by atoms with Crippen LogP contribution in [0.2, 0.25) is 5.02 Å². The van der Waals surface area contributed by atoms with E-state index in [1.54, 1.807) is 0 Å². The molecule has 2 rings (SSSR count). The maximum atomic E-state index is 13.0. The van der Waals surface area contributed by atoms with Gasteiger partial charge < -0.3 is 0 Å². The van der Waals surface area contributed by atoms with Gasteiger partial charge in [0.1, 0.15) is 5.82 Å². The molecule has 0 saturated heterocycles. The summed E-state index contributed by atoms with van der Waals surface area (Å²) < 4.78 is 38.8. The van der Waals surface area contributed by atoms with Crippen LogP contribution < -0.4 is 0 Å². The second kappa shape index (κ2) is 4.92. The molecule has 0 heterocycles. The topological polar surface area (TPSA) is 17.1 Å². The summed E-state index contributed by atoms with van der Waals surface area (Å²) in [6, 6.07) is 3.49. The Morgan fingerprint density at radius 3 is 2.72 bits per heavy atom. The first kappa shape index (κ1) is 13.4. The van der Waals surface area contributed by atoms with Gasteiger partial charge in [0.2, 0.25) is 5.92 Å². The van der Waals surface area contributed by atoms with E-state index >= 15 is 0 Å². The number of halogens is 4. The molecule has 0 N–H and O–H groups in total. The van der Waals surface area contributed by atoms with Crippen LogP contribution in [-0.2, 0) is 0 Å². The van der Waals surface area contributed by atoms with E-state index in [4.69, 9.17) is 11.6 Å². The van der Waals surface area contributed by atoms with Gasteiger partial charge in [0.15, 0.2) is 5.78 Å². The highest BCUT2D eigenvalue weighted by molar-refractivity contribution is 6.33. The molecule has 5 heteroatoms. The Hall–Kier alpha value is -1.03. The lowest BCUT2D eigenvalue weighted by atomic mass is 9.97. The van der Waals surface area contributed by atoms with Crippen LogP contribution in [0.25, 0.3) is 0 Å². The Morgan fingerprint density at radius 2 is 2.17 bits per heavy atom. The van der Waals surface area contributed by atoms with Gasteiger partial charge in [-0.05, 0) is 30.5 Å². The summed E-state index contributed by atoms with van der Waals surface area (Å²) in [7, 11) is 0. The van der Waals surface area contributed by atoms with Crippen LogP contribution in [0.5, 0.6) is 0 Å². The minimum atomic E-state index is -2.66. The third-order valence-electron chi connectivity index (χ3n) is 3.21. The second-order valence-electron chi connectivity index (χ2n) is 4.72. The zero-order valence-corrected chi connectivity index (χ0v) is 10.3. The predicted molar refractivity (Wildman–Crippen MR) is 62.6 cm³/mol. The van der Waals surface area contributed by atoms with E-state index in [-0.39, 0.29) is 41.5 Å². The van der Waals surface area contributed by atoms with Crippen molar-refractivity contribution in [2.75, 3.05) is 0 Å². The molecule has 98 valence electrons. The highest BCUT2D eigenvalue weighted by Crippen LogP contribution is 2.40. The second-order valence-corrected chi connectivity index (χ2v) is 5.12. The number of ketones is 1. The van der Waals surface area contributed by atoms with E-state index in [2.05, 4.69) is 0 Å². The first-order valence-corrected chi connectivity index (χ1v) is 6.11. The molecular weight excluding hydrogens is 265 g/mol. The number of carbonyl (C=O) groups is 1. The van der Waals surface area contributed by atoms with Gasteiger partial charge in [0.05, 0.1) is 5.02 Å². The van der Waals surface area contributed by atoms with Crippen LogP contribution in [0, 0.1) is 11.7 Å². The van der Waals surface area contributed by atoms with Crippen molar-refractivity contribution in [1.29, 1.82) is 0 Å². The van der Waals surface area contributed by atoms with Gasteiger partial charge in [-0.3, -0.25) is 4.79 Å². The molecule has 1 aliphatic rings. The van der Waals surface area contributed by atoms with Crippen molar-refractivity contribution in [3.05, 3.63) is 34.6 Å². The fraction of sp³-hybridized carbons (Fsp3) is 0.462. The van der Waals surface area contributed by atoms with E-state index in [0.717, 1.165) is 12.1 Å². The quantitative estimate of drug-likeness (QED) is 0.744. The number of rotatable bonds is 3. The molecule has 1 aromatic rings. The van der Waals surface area contributed by atoms with Gasteiger partial charge in [-0.2, -0.15) is 0 Å². The summed E-state index contributed by atoms with van der Waals surface area (Å²) in [5, 5.41) is 0.0322. The van der Waals surface area contributed by atoms with Crippen LogP contribution in [0.3, 0.4) is 0 Å². The molecule has 1 unspecified atom stereocenters. The third-order valence-corrected chi connectivity index (χ3v) is 3.52.